The minimum absolute atomic E-state index is 0.0404. The van der Waals surface area contributed by atoms with Gasteiger partial charge in [-0.1, -0.05) is 6.07 Å². The number of pyridine rings is 1. The average Bonchev–Trinajstić information content (AvgIpc) is 3.33. The lowest BCUT2D eigenvalue weighted by Crippen LogP contribution is -2.42. The van der Waals surface area contributed by atoms with Crippen molar-refractivity contribution < 1.29 is 18.8 Å². The van der Waals surface area contributed by atoms with Crippen LogP contribution in [-0.2, 0) is 16.1 Å². The van der Waals surface area contributed by atoms with Crippen molar-refractivity contribution in [3.63, 3.8) is 0 Å². The van der Waals surface area contributed by atoms with Crippen molar-refractivity contribution in [2.45, 2.75) is 44.3 Å². The average molecular weight is 382 g/mol. The second-order valence-corrected chi connectivity index (χ2v) is 7.10. The van der Waals surface area contributed by atoms with Crippen LogP contribution in [-0.4, -0.2) is 45.2 Å². The zero-order chi connectivity index (χ0) is 19.5. The highest BCUT2D eigenvalue weighted by Gasteiger charge is 2.41. The first-order valence-corrected chi connectivity index (χ1v) is 9.47. The molecule has 0 aromatic carbocycles. The summed E-state index contributed by atoms with van der Waals surface area (Å²) >= 11 is 0. The quantitative estimate of drug-likeness (QED) is 0.800. The minimum atomic E-state index is -0.841. The maximum absolute atomic E-state index is 13.0. The lowest BCUT2D eigenvalue weighted by molar-refractivity contribution is -0.138. The number of furan rings is 1. The number of nitrogens with one attached hydrogen (secondary N) is 1. The van der Waals surface area contributed by atoms with Gasteiger partial charge in [0.2, 0.25) is 5.91 Å². The molecule has 8 nitrogen and oxygen atoms in total. The van der Waals surface area contributed by atoms with Crippen molar-refractivity contribution in [1.82, 2.24) is 20.1 Å². The Bertz CT molecular complexity index is 852. The third-order valence-electron chi connectivity index (χ3n) is 5.27. The van der Waals surface area contributed by atoms with Crippen molar-refractivity contribution in [2.75, 3.05) is 6.54 Å². The highest BCUT2D eigenvalue weighted by molar-refractivity contribution is 6.05. The molecule has 146 valence electrons. The standard InChI is InChI=1S/C20H22N4O4/c25-18(23-9-2-1-7-17(23)14-5-3-8-21-12-14)11-16-19(26)24(20(27)22-16)13-15-6-4-10-28-15/h3-6,8,10,12,16-17H,1-2,7,9,11,13H2,(H,22,27)/t16-,17-/m1/s1. The normalized spacial score (nSPS) is 22.4. The van der Waals surface area contributed by atoms with Crippen LogP contribution in [0.4, 0.5) is 4.79 Å². The molecule has 8 heteroatoms. The summed E-state index contributed by atoms with van der Waals surface area (Å²) in [5.74, 6) is -0.0140. The third-order valence-corrected chi connectivity index (χ3v) is 5.27. The van der Waals surface area contributed by atoms with E-state index in [1.807, 2.05) is 17.0 Å². The van der Waals surface area contributed by atoms with E-state index in [-0.39, 0.29) is 24.9 Å². The fraction of sp³-hybridized carbons (Fsp3) is 0.400. The molecule has 2 aromatic rings. The molecule has 0 spiro atoms. The number of carbonyl (C=O) groups excluding carboxylic acids is 3. The summed E-state index contributed by atoms with van der Waals surface area (Å²) in [6.45, 7) is 0.702. The van der Waals surface area contributed by atoms with Gasteiger partial charge in [-0.05, 0) is 43.0 Å². The number of hydrogen-bond acceptors (Lipinski definition) is 5. The van der Waals surface area contributed by atoms with Gasteiger partial charge in [0.25, 0.3) is 5.91 Å². The molecule has 2 aromatic heterocycles. The molecule has 0 saturated carbocycles. The fourth-order valence-electron chi connectivity index (χ4n) is 3.86. The van der Waals surface area contributed by atoms with Gasteiger partial charge >= 0.3 is 6.03 Å². The molecule has 0 aliphatic carbocycles. The Labute approximate surface area is 162 Å². The summed E-state index contributed by atoms with van der Waals surface area (Å²) < 4.78 is 5.21. The van der Waals surface area contributed by atoms with Crippen LogP contribution < -0.4 is 5.32 Å². The fourth-order valence-corrected chi connectivity index (χ4v) is 3.86. The van der Waals surface area contributed by atoms with Gasteiger partial charge in [-0.2, -0.15) is 0 Å². The summed E-state index contributed by atoms with van der Waals surface area (Å²) in [5, 5.41) is 2.63. The molecular formula is C20H22N4O4. The molecule has 4 rings (SSSR count). The Morgan fingerprint density at radius 2 is 2.14 bits per heavy atom. The number of nitrogens with zero attached hydrogens (tertiary/aromatic N) is 3. The highest BCUT2D eigenvalue weighted by Crippen LogP contribution is 2.31. The van der Waals surface area contributed by atoms with E-state index in [9.17, 15) is 14.4 Å². The predicted molar refractivity (Wildman–Crippen MR) is 98.7 cm³/mol. The van der Waals surface area contributed by atoms with E-state index in [2.05, 4.69) is 10.3 Å². The number of likely N-dealkylation sites (tertiary alicyclic amines) is 1. The monoisotopic (exact) mass is 382 g/mol. The van der Waals surface area contributed by atoms with Crippen LogP contribution in [0, 0.1) is 0 Å². The van der Waals surface area contributed by atoms with Gasteiger partial charge in [0.1, 0.15) is 11.8 Å². The number of hydrogen-bond donors (Lipinski definition) is 1. The van der Waals surface area contributed by atoms with Crippen molar-refractivity contribution in [3.05, 3.63) is 54.2 Å². The number of piperidine rings is 1. The Morgan fingerprint density at radius 3 is 2.89 bits per heavy atom. The summed E-state index contributed by atoms with van der Waals surface area (Å²) in [7, 11) is 0. The topological polar surface area (TPSA) is 95.8 Å². The molecule has 4 amide bonds. The van der Waals surface area contributed by atoms with Crippen LogP contribution in [0.15, 0.2) is 47.3 Å². The molecule has 2 atom stereocenters. The summed E-state index contributed by atoms with van der Waals surface area (Å²) in [6.07, 6.45) is 7.77. The van der Waals surface area contributed by atoms with Gasteiger partial charge in [-0.3, -0.25) is 19.5 Å². The van der Waals surface area contributed by atoms with Crippen LogP contribution in [0.5, 0.6) is 0 Å². The molecule has 2 aliphatic heterocycles. The Balaban J connectivity index is 1.44. The number of amides is 4. The molecule has 0 bridgehead atoms. The third kappa shape index (κ3) is 3.62. The minimum Gasteiger partial charge on any atom is -0.467 e. The molecule has 2 aliphatic rings. The largest absolute Gasteiger partial charge is 0.467 e. The van der Waals surface area contributed by atoms with E-state index in [0.29, 0.717) is 12.3 Å². The SMILES string of the molecule is O=C1N[C@H](CC(=O)N2CCCC[C@@H]2c2cccnc2)C(=O)N1Cc1ccco1. The van der Waals surface area contributed by atoms with E-state index in [0.717, 1.165) is 29.7 Å². The van der Waals surface area contributed by atoms with Crippen molar-refractivity contribution in [3.8, 4) is 0 Å². The van der Waals surface area contributed by atoms with Gasteiger partial charge in [-0.15, -0.1) is 0 Å². The van der Waals surface area contributed by atoms with Gasteiger partial charge < -0.3 is 14.6 Å². The summed E-state index contributed by atoms with van der Waals surface area (Å²) in [5.41, 5.74) is 0.997. The first-order valence-electron chi connectivity index (χ1n) is 9.47. The Kier molecular flexibility index (Phi) is 5.10. The lowest BCUT2D eigenvalue weighted by Gasteiger charge is -2.36. The van der Waals surface area contributed by atoms with Gasteiger partial charge in [0.15, 0.2) is 0 Å². The zero-order valence-corrected chi connectivity index (χ0v) is 15.4. The first-order chi connectivity index (χ1) is 13.6. The molecule has 0 radical (unpaired) electrons. The summed E-state index contributed by atoms with van der Waals surface area (Å²) in [6, 6.07) is 5.85. The Morgan fingerprint density at radius 1 is 1.25 bits per heavy atom. The van der Waals surface area contributed by atoms with Gasteiger partial charge in [0.05, 0.1) is 25.3 Å². The van der Waals surface area contributed by atoms with Crippen molar-refractivity contribution >= 4 is 17.8 Å². The summed E-state index contributed by atoms with van der Waals surface area (Å²) in [4.78, 5) is 44.9. The number of rotatable bonds is 5. The van der Waals surface area contributed by atoms with E-state index >= 15 is 0 Å². The van der Waals surface area contributed by atoms with E-state index < -0.39 is 18.0 Å². The number of urea groups is 1. The van der Waals surface area contributed by atoms with Gasteiger partial charge in [0, 0.05) is 18.9 Å². The molecule has 2 saturated heterocycles. The van der Waals surface area contributed by atoms with E-state index in [1.165, 1.54) is 6.26 Å². The maximum atomic E-state index is 13.0. The smallest absolute Gasteiger partial charge is 0.325 e. The molecular weight excluding hydrogens is 360 g/mol. The molecule has 1 N–H and O–H groups in total. The lowest BCUT2D eigenvalue weighted by atomic mass is 9.95. The Hall–Kier alpha value is -3.16. The molecule has 28 heavy (non-hydrogen) atoms. The van der Waals surface area contributed by atoms with Gasteiger partial charge in [-0.25, -0.2) is 4.79 Å². The first kappa shape index (κ1) is 18.2. The number of aromatic nitrogens is 1. The zero-order valence-electron chi connectivity index (χ0n) is 15.4. The van der Waals surface area contributed by atoms with E-state index in [1.54, 1.807) is 24.5 Å². The predicted octanol–water partition coefficient (Wildman–Crippen LogP) is 2.24. The van der Waals surface area contributed by atoms with Crippen LogP contribution in [0.3, 0.4) is 0 Å². The van der Waals surface area contributed by atoms with Crippen molar-refractivity contribution in [1.29, 1.82) is 0 Å². The molecule has 2 fully saturated rings. The number of carbonyl (C=O) groups is 3. The van der Waals surface area contributed by atoms with Crippen molar-refractivity contribution in [2.24, 2.45) is 0 Å². The van der Waals surface area contributed by atoms with Crippen LogP contribution in [0.1, 0.15) is 43.0 Å². The molecule has 0 unspecified atom stereocenters. The highest BCUT2D eigenvalue weighted by atomic mass is 16.3. The van der Waals surface area contributed by atoms with Crippen LogP contribution in [0.2, 0.25) is 0 Å². The van der Waals surface area contributed by atoms with E-state index in [4.69, 9.17) is 4.42 Å². The van der Waals surface area contributed by atoms with Crippen LogP contribution >= 0.6 is 0 Å². The molecule has 4 heterocycles. The van der Waals surface area contributed by atoms with Crippen LogP contribution in [0.25, 0.3) is 0 Å². The second kappa shape index (κ2) is 7.84. The number of imide groups is 1. The maximum Gasteiger partial charge on any atom is 0.325 e. The second-order valence-electron chi connectivity index (χ2n) is 7.10.